The summed E-state index contributed by atoms with van der Waals surface area (Å²) in [5, 5.41) is 19.1. The molecule has 2 fully saturated rings. The Morgan fingerprint density at radius 3 is 2.05 bits per heavy atom. The van der Waals surface area contributed by atoms with E-state index in [1.54, 1.807) is 0 Å². The molecule has 2 rings (SSSR count). The highest BCUT2D eigenvalue weighted by Gasteiger charge is 2.48. The zero-order chi connectivity index (χ0) is 16.3. The van der Waals surface area contributed by atoms with Crippen molar-refractivity contribution in [2.75, 3.05) is 0 Å². The molecule has 0 aromatic rings. The first-order valence-corrected chi connectivity index (χ1v) is 8.69. The molecule has 2 N–H and O–H groups in total. The largest absolute Gasteiger partial charge is 0.477 e. The third-order valence-electron chi connectivity index (χ3n) is 6.08. The van der Waals surface area contributed by atoms with Crippen LogP contribution in [0.1, 0.15) is 71.6 Å². The lowest BCUT2D eigenvalue weighted by molar-refractivity contribution is -0.140. The molecule has 0 aliphatic heterocycles. The number of allylic oxidation sites excluding steroid dienone is 1. The summed E-state index contributed by atoms with van der Waals surface area (Å²) in [4.78, 5) is 23.4. The van der Waals surface area contributed by atoms with Crippen molar-refractivity contribution in [1.82, 2.24) is 0 Å². The maximum absolute atomic E-state index is 11.7. The zero-order valence-electron chi connectivity index (χ0n) is 13.7. The average molecular weight is 308 g/mol. The van der Waals surface area contributed by atoms with Gasteiger partial charge in [-0.2, -0.15) is 0 Å². The number of carboxylic acids is 2. The lowest BCUT2D eigenvalue weighted by Crippen LogP contribution is -2.34. The molecule has 2 aliphatic rings. The molecule has 0 aromatic carbocycles. The van der Waals surface area contributed by atoms with E-state index in [1.807, 2.05) is 0 Å². The fourth-order valence-electron chi connectivity index (χ4n) is 5.15. The number of carbonyl (C=O) groups is 2. The first-order valence-electron chi connectivity index (χ1n) is 8.69. The van der Waals surface area contributed by atoms with E-state index in [-0.39, 0.29) is 16.9 Å². The van der Waals surface area contributed by atoms with Gasteiger partial charge < -0.3 is 10.2 Å². The van der Waals surface area contributed by atoms with Crippen LogP contribution in [0.5, 0.6) is 0 Å². The molecule has 124 valence electrons. The van der Waals surface area contributed by atoms with Crippen LogP contribution in [0.25, 0.3) is 0 Å². The Hall–Kier alpha value is -1.32. The molecule has 2 unspecified atom stereocenters. The van der Waals surface area contributed by atoms with Crippen molar-refractivity contribution in [1.29, 1.82) is 0 Å². The van der Waals surface area contributed by atoms with Crippen molar-refractivity contribution in [2.24, 2.45) is 17.3 Å². The smallest absolute Gasteiger partial charge is 0.343 e. The van der Waals surface area contributed by atoms with E-state index in [2.05, 4.69) is 13.8 Å². The monoisotopic (exact) mass is 308 g/mol. The lowest BCUT2D eigenvalue weighted by atomic mass is 9.63. The fraction of sp³-hybridized carbons (Fsp3) is 0.778. The van der Waals surface area contributed by atoms with Gasteiger partial charge in [0.2, 0.25) is 0 Å². The van der Waals surface area contributed by atoms with E-state index in [4.69, 9.17) is 0 Å². The van der Waals surface area contributed by atoms with Gasteiger partial charge in [0, 0.05) is 0 Å². The van der Waals surface area contributed by atoms with E-state index in [1.165, 1.54) is 0 Å². The fourth-order valence-corrected chi connectivity index (χ4v) is 5.15. The summed E-state index contributed by atoms with van der Waals surface area (Å²) < 4.78 is 0. The molecule has 0 spiro atoms. The van der Waals surface area contributed by atoms with Crippen molar-refractivity contribution >= 4 is 11.9 Å². The molecule has 4 heteroatoms. The maximum atomic E-state index is 11.7. The zero-order valence-corrected chi connectivity index (χ0v) is 13.7. The Morgan fingerprint density at radius 1 is 1.00 bits per heavy atom. The van der Waals surface area contributed by atoms with E-state index >= 15 is 0 Å². The molecule has 0 heterocycles. The number of carboxylic acid groups (broad SMARTS) is 2. The predicted octanol–water partition coefficient (Wildman–Crippen LogP) is 4.25. The standard InChI is InChI=1S/C18H28O4/c1-3-13-10-7-11-18(13,4-2)15(12-8-5-6-9-12)14(16(19)20)17(21)22/h12-13H,3-11H2,1-2H3,(H,19,20)(H,21,22). The third kappa shape index (κ3) is 2.80. The maximum Gasteiger partial charge on any atom is 0.343 e. The quantitative estimate of drug-likeness (QED) is 0.437. The molecule has 0 saturated heterocycles. The van der Waals surface area contributed by atoms with Crippen LogP contribution < -0.4 is 0 Å². The van der Waals surface area contributed by atoms with Gasteiger partial charge in [0.25, 0.3) is 0 Å². The van der Waals surface area contributed by atoms with Gasteiger partial charge in [-0.1, -0.05) is 39.5 Å². The topological polar surface area (TPSA) is 74.6 Å². The van der Waals surface area contributed by atoms with Gasteiger partial charge in [-0.15, -0.1) is 0 Å². The number of rotatable bonds is 6. The molecular formula is C18H28O4. The van der Waals surface area contributed by atoms with Crippen molar-refractivity contribution < 1.29 is 19.8 Å². The SMILES string of the molecule is CCC1CCCC1(CC)C(=C(C(=O)O)C(=O)O)C1CCCC1. The molecule has 0 radical (unpaired) electrons. The Balaban J connectivity index is 2.63. The highest BCUT2D eigenvalue weighted by molar-refractivity contribution is 6.13. The van der Waals surface area contributed by atoms with E-state index in [0.29, 0.717) is 5.92 Å². The van der Waals surface area contributed by atoms with E-state index < -0.39 is 11.9 Å². The molecule has 0 bridgehead atoms. The summed E-state index contributed by atoms with van der Waals surface area (Å²) >= 11 is 0. The minimum Gasteiger partial charge on any atom is -0.477 e. The van der Waals surface area contributed by atoms with Gasteiger partial charge in [0.05, 0.1) is 0 Å². The summed E-state index contributed by atoms with van der Waals surface area (Å²) in [7, 11) is 0. The van der Waals surface area contributed by atoms with Crippen LogP contribution in [0.3, 0.4) is 0 Å². The summed E-state index contributed by atoms with van der Waals surface area (Å²) in [5.74, 6) is -1.95. The van der Waals surface area contributed by atoms with Gasteiger partial charge in [-0.05, 0) is 54.9 Å². The number of hydrogen-bond donors (Lipinski definition) is 2. The highest BCUT2D eigenvalue weighted by Crippen LogP contribution is 2.57. The Kier molecular flexibility index (Phi) is 5.30. The number of aliphatic carboxylic acids is 2. The van der Waals surface area contributed by atoms with Crippen molar-refractivity contribution in [3.8, 4) is 0 Å². The molecule has 2 aliphatic carbocycles. The highest BCUT2D eigenvalue weighted by atomic mass is 16.4. The van der Waals surface area contributed by atoms with E-state index in [0.717, 1.165) is 63.4 Å². The van der Waals surface area contributed by atoms with Crippen LogP contribution in [0.4, 0.5) is 0 Å². The third-order valence-corrected chi connectivity index (χ3v) is 6.08. The molecule has 22 heavy (non-hydrogen) atoms. The normalized spacial score (nSPS) is 28.7. The molecule has 2 saturated carbocycles. The van der Waals surface area contributed by atoms with Crippen LogP contribution in [0.2, 0.25) is 0 Å². The van der Waals surface area contributed by atoms with E-state index in [9.17, 15) is 19.8 Å². The Bertz CT molecular complexity index is 457. The molecule has 4 nitrogen and oxygen atoms in total. The Labute approximate surface area is 132 Å². The average Bonchev–Trinajstić information content (AvgIpc) is 3.13. The van der Waals surface area contributed by atoms with Crippen LogP contribution in [-0.4, -0.2) is 22.2 Å². The minimum atomic E-state index is -1.26. The Morgan fingerprint density at radius 2 is 1.59 bits per heavy atom. The summed E-state index contributed by atoms with van der Waals surface area (Å²) in [6.07, 6.45) is 9.00. The van der Waals surface area contributed by atoms with Crippen LogP contribution in [-0.2, 0) is 9.59 Å². The minimum absolute atomic E-state index is 0.147. The van der Waals surface area contributed by atoms with Crippen LogP contribution in [0, 0.1) is 17.3 Å². The number of hydrogen-bond acceptors (Lipinski definition) is 2. The summed E-state index contributed by atoms with van der Waals surface area (Å²) in [5.41, 5.74) is 0.238. The van der Waals surface area contributed by atoms with Gasteiger partial charge in [0.1, 0.15) is 5.57 Å². The van der Waals surface area contributed by atoms with Gasteiger partial charge in [-0.25, -0.2) is 9.59 Å². The van der Waals surface area contributed by atoms with Crippen LogP contribution in [0.15, 0.2) is 11.1 Å². The second-order valence-electron chi connectivity index (χ2n) is 6.89. The molecule has 0 amide bonds. The van der Waals surface area contributed by atoms with Crippen molar-refractivity contribution in [3.05, 3.63) is 11.1 Å². The predicted molar refractivity (Wildman–Crippen MR) is 84.6 cm³/mol. The lowest BCUT2D eigenvalue weighted by Gasteiger charge is -2.40. The summed E-state index contributed by atoms with van der Waals surface area (Å²) in [6.45, 7) is 4.25. The molecule has 0 aromatic heterocycles. The summed E-state index contributed by atoms with van der Waals surface area (Å²) in [6, 6.07) is 0. The van der Waals surface area contributed by atoms with Gasteiger partial charge in [0.15, 0.2) is 0 Å². The first kappa shape index (κ1) is 17.0. The van der Waals surface area contributed by atoms with Crippen LogP contribution >= 0.6 is 0 Å². The van der Waals surface area contributed by atoms with Gasteiger partial charge in [-0.3, -0.25) is 0 Å². The van der Waals surface area contributed by atoms with Crippen molar-refractivity contribution in [2.45, 2.75) is 71.6 Å². The second-order valence-corrected chi connectivity index (χ2v) is 6.89. The molecule has 2 atom stereocenters. The van der Waals surface area contributed by atoms with Crippen molar-refractivity contribution in [3.63, 3.8) is 0 Å². The molecular weight excluding hydrogens is 280 g/mol. The first-order chi connectivity index (χ1) is 10.5. The second kappa shape index (κ2) is 6.84. The van der Waals surface area contributed by atoms with Gasteiger partial charge >= 0.3 is 11.9 Å².